The molecule has 0 aromatic rings. The van der Waals surface area contributed by atoms with Crippen LogP contribution in [0.3, 0.4) is 0 Å². The molecule has 0 aliphatic rings. The van der Waals surface area contributed by atoms with E-state index in [1.807, 2.05) is 0 Å². The molecule has 0 amide bonds. The number of esters is 1. The topological polar surface area (TPSA) is 46.5 Å². The Morgan fingerprint density at radius 1 is 1.89 bits per heavy atom. The standard InChI is InChI=1S/C5H10O3S/c1-3-5(7,9)4(6)8-2/h7,9H,3H2,1-2H3. The van der Waals surface area contributed by atoms with Crippen LogP contribution < -0.4 is 0 Å². The van der Waals surface area contributed by atoms with E-state index in [4.69, 9.17) is 5.11 Å². The largest absolute Gasteiger partial charge is 0.466 e. The summed E-state index contributed by atoms with van der Waals surface area (Å²) in [5.74, 6) is -0.715. The van der Waals surface area contributed by atoms with Gasteiger partial charge in [0.05, 0.1) is 7.11 Å². The molecule has 4 heteroatoms. The molecule has 0 fully saturated rings. The van der Waals surface area contributed by atoms with Crippen LogP contribution in [-0.4, -0.2) is 23.1 Å². The summed E-state index contributed by atoms with van der Waals surface area (Å²) >= 11 is 3.64. The van der Waals surface area contributed by atoms with Crippen molar-refractivity contribution in [1.82, 2.24) is 0 Å². The predicted molar refractivity (Wildman–Crippen MR) is 36.2 cm³/mol. The molecular formula is C5H10O3S. The first-order valence-corrected chi connectivity index (χ1v) is 3.02. The van der Waals surface area contributed by atoms with Gasteiger partial charge in [-0.3, -0.25) is 0 Å². The molecule has 0 saturated heterocycles. The fourth-order valence-corrected chi connectivity index (χ4v) is 0.399. The van der Waals surface area contributed by atoms with Gasteiger partial charge in [0, 0.05) is 0 Å². The number of hydrogen-bond acceptors (Lipinski definition) is 4. The van der Waals surface area contributed by atoms with Crippen molar-refractivity contribution in [3.63, 3.8) is 0 Å². The van der Waals surface area contributed by atoms with Gasteiger partial charge in [-0.05, 0) is 6.42 Å². The molecule has 0 bridgehead atoms. The van der Waals surface area contributed by atoms with Crippen molar-refractivity contribution < 1.29 is 14.6 Å². The highest BCUT2D eigenvalue weighted by molar-refractivity contribution is 7.82. The minimum absolute atomic E-state index is 0.239. The normalized spacial score (nSPS) is 16.4. The summed E-state index contributed by atoms with van der Waals surface area (Å²) < 4.78 is 4.24. The number of rotatable bonds is 2. The van der Waals surface area contributed by atoms with Gasteiger partial charge in [0.25, 0.3) is 0 Å². The lowest BCUT2D eigenvalue weighted by atomic mass is 10.3. The first kappa shape index (κ1) is 8.78. The monoisotopic (exact) mass is 150 g/mol. The number of carbonyl (C=O) groups excluding carboxylic acids is 1. The number of thiol groups is 1. The molecule has 9 heavy (non-hydrogen) atoms. The van der Waals surface area contributed by atoms with E-state index in [1.54, 1.807) is 6.92 Å². The fraction of sp³-hybridized carbons (Fsp3) is 0.800. The van der Waals surface area contributed by atoms with Crippen LogP contribution in [0.2, 0.25) is 0 Å². The van der Waals surface area contributed by atoms with Crippen molar-refractivity contribution >= 4 is 18.6 Å². The Balaban J connectivity index is 3.97. The minimum Gasteiger partial charge on any atom is -0.466 e. The zero-order chi connectivity index (χ0) is 7.49. The molecule has 54 valence electrons. The Hall–Kier alpha value is -0.220. The summed E-state index contributed by atoms with van der Waals surface area (Å²) in [7, 11) is 1.21. The Morgan fingerprint density at radius 2 is 2.33 bits per heavy atom. The van der Waals surface area contributed by atoms with Crippen LogP contribution in [0, 0.1) is 0 Å². The molecule has 3 nitrogen and oxygen atoms in total. The number of hydrogen-bond donors (Lipinski definition) is 2. The molecule has 0 saturated carbocycles. The van der Waals surface area contributed by atoms with Crippen molar-refractivity contribution in [2.45, 2.75) is 18.3 Å². The van der Waals surface area contributed by atoms with Gasteiger partial charge in [0.2, 0.25) is 4.93 Å². The highest BCUT2D eigenvalue weighted by Gasteiger charge is 2.29. The summed E-state index contributed by atoms with van der Waals surface area (Å²) in [5.41, 5.74) is 0. The molecule has 0 heterocycles. The van der Waals surface area contributed by atoms with E-state index < -0.39 is 10.9 Å². The van der Waals surface area contributed by atoms with Crippen molar-refractivity contribution in [2.75, 3.05) is 7.11 Å². The maximum Gasteiger partial charge on any atom is 0.348 e. The molecule has 0 rings (SSSR count). The maximum atomic E-state index is 10.5. The molecule has 0 radical (unpaired) electrons. The van der Waals surface area contributed by atoms with Crippen molar-refractivity contribution in [2.24, 2.45) is 0 Å². The van der Waals surface area contributed by atoms with Crippen LogP contribution >= 0.6 is 12.6 Å². The highest BCUT2D eigenvalue weighted by Crippen LogP contribution is 2.15. The van der Waals surface area contributed by atoms with Gasteiger partial charge in [-0.1, -0.05) is 6.92 Å². The summed E-state index contributed by atoms with van der Waals surface area (Å²) in [5, 5.41) is 8.98. The summed E-state index contributed by atoms with van der Waals surface area (Å²) in [4.78, 5) is 8.90. The van der Waals surface area contributed by atoms with E-state index in [2.05, 4.69) is 17.4 Å². The second kappa shape index (κ2) is 3.08. The van der Waals surface area contributed by atoms with Crippen LogP contribution in [0.5, 0.6) is 0 Å². The zero-order valence-electron chi connectivity index (χ0n) is 5.42. The maximum absolute atomic E-state index is 10.5. The Morgan fingerprint density at radius 3 is 2.44 bits per heavy atom. The van der Waals surface area contributed by atoms with Gasteiger partial charge in [0.1, 0.15) is 0 Å². The first-order valence-electron chi connectivity index (χ1n) is 2.57. The van der Waals surface area contributed by atoms with Crippen LogP contribution in [0.25, 0.3) is 0 Å². The van der Waals surface area contributed by atoms with Gasteiger partial charge in [-0.15, -0.1) is 12.6 Å². The van der Waals surface area contributed by atoms with Gasteiger partial charge in [-0.25, -0.2) is 4.79 Å². The van der Waals surface area contributed by atoms with Crippen LogP contribution in [0.4, 0.5) is 0 Å². The lowest BCUT2D eigenvalue weighted by Gasteiger charge is -2.15. The smallest absolute Gasteiger partial charge is 0.348 e. The lowest BCUT2D eigenvalue weighted by molar-refractivity contribution is -0.153. The second-order valence-electron chi connectivity index (χ2n) is 1.66. The lowest BCUT2D eigenvalue weighted by Crippen LogP contribution is -2.32. The average Bonchev–Trinajstić information content (AvgIpc) is 1.86. The van der Waals surface area contributed by atoms with Crippen molar-refractivity contribution in [3.8, 4) is 0 Å². The van der Waals surface area contributed by atoms with Gasteiger partial charge in [0.15, 0.2) is 0 Å². The molecule has 0 aromatic carbocycles. The highest BCUT2D eigenvalue weighted by atomic mass is 32.1. The summed E-state index contributed by atoms with van der Waals surface area (Å²) in [6.45, 7) is 1.64. The van der Waals surface area contributed by atoms with Gasteiger partial charge in [-0.2, -0.15) is 0 Å². The quantitative estimate of drug-likeness (QED) is 0.335. The molecule has 1 atom stereocenters. The second-order valence-corrected chi connectivity index (χ2v) is 2.40. The van der Waals surface area contributed by atoms with Gasteiger partial charge >= 0.3 is 5.97 Å². The third-order valence-corrected chi connectivity index (χ3v) is 1.50. The van der Waals surface area contributed by atoms with Crippen molar-refractivity contribution in [1.29, 1.82) is 0 Å². The van der Waals surface area contributed by atoms with Crippen molar-refractivity contribution in [3.05, 3.63) is 0 Å². The van der Waals surface area contributed by atoms with E-state index >= 15 is 0 Å². The molecule has 0 aromatic heterocycles. The number of methoxy groups -OCH3 is 1. The van der Waals surface area contributed by atoms with E-state index in [-0.39, 0.29) is 6.42 Å². The van der Waals surface area contributed by atoms with E-state index in [0.29, 0.717) is 0 Å². The Bertz CT molecular complexity index is 111. The predicted octanol–water partition coefficient (Wildman–Crippen LogP) is 0.188. The zero-order valence-corrected chi connectivity index (χ0v) is 6.31. The molecule has 1 unspecified atom stereocenters. The average molecular weight is 150 g/mol. The molecular weight excluding hydrogens is 140 g/mol. The fourth-order valence-electron chi connectivity index (χ4n) is 0.308. The van der Waals surface area contributed by atoms with E-state index in [1.165, 1.54) is 7.11 Å². The molecule has 1 N–H and O–H groups in total. The van der Waals surface area contributed by atoms with Crippen LogP contribution in [0.15, 0.2) is 0 Å². The molecule has 0 aliphatic carbocycles. The van der Waals surface area contributed by atoms with Gasteiger partial charge < -0.3 is 9.84 Å². The molecule has 0 spiro atoms. The van der Waals surface area contributed by atoms with E-state index in [0.717, 1.165) is 0 Å². The number of carbonyl (C=O) groups is 1. The van der Waals surface area contributed by atoms with Crippen LogP contribution in [0.1, 0.15) is 13.3 Å². The summed E-state index contributed by atoms with van der Waals surface area (Å²) in [6.07, 6.45) is 0.239. The Labute approximate surface area is 59.4 Å². The third-order valence-electron chi connectivity index (χ3n) is 1.01. The molecule has 0 aliphatic heterocycles. The summed E-state index contributed by atoms with van der Waals surface area (Å²) in [6, 6.07) is 0. The van der Waals surface area contributed by atoms with Crippen LogP contribution in [-0.2, 0) is 9.53 Å². The third kappa shape index (κ3) is 2.24. The first-order chi connectivity index (χ1) is 4.04. The Kier molecular flexibility index (Phi) is 3.00. The SMILES string of the molecule is CCC(O)(S)C(=O)OC. The number of aliphatic hydroxyl groups is 1. The number of ether oxygens (including phenoxy) is 1. The minimum atomic E-state index is -1.62. The van der Waals surface area contributed by atoms with E-state index in [9.17, 15) is 4.79 Å².